The monoisotopic (exact) mass is 572 g/mol. The number of ether oxygens (including phenoxy) is 1. The maximum atomic E-state index is 12.4. The van der Waals surface area contributed by atoms with Crippen LogP contribution in [0.5, 0.6) is 0 Å². The van der Waals surface area contributed by atoms with Crippen LogP contribution in [-0.2, 0) is 26.7 Å². The second-order valence-electron chi connectivity index (χ2n) is 7.73. The highest BCUT2D eigenvalue weighted by Gasteiger charge is 2.43. The average Bonchev–Trinajstić information content (AvgIpc) is 3.58. The lowest BCUT2D eigenvalue weighted by molar-refractivity contribution is 0.204. The maximum Gasteiger partial charge on any atom is 0.240 e. The summed E-state index contributed by atoms with van der Waals surface area (Å²) < 4.78 is 32.3. The van der Waals surface area contributed by atoms with Crippen LogP contribution in [0.25, 0.3) is 0 Å². The highest BCUT2D eigenvalue weighted by Crippen LogP contribution is 2.47. The molecule has 0 unspecified atom stereocenters. The number of nitrogens with one attached hydrogen (secondary N) is 3. The number of nitrogens with zero attached hydrogens (tertiary/aromatic N) is 1. The molecule has 1 aliphatic rings. The Hall–Kier alpha value is -1.69. The third-order valence-corrected chi connectivity index (χ3v) is 6.86. The van der Waals surface area contributed by atoms with Crippen molar-refractivity contribution in [3.63, 3.8) is 0 Å². The van der Waals surface area contributed by atoms with E-state index in [2.05, 4.69) is 44.6 Å². The van der Waals surface area contributed by atoms with Crippen molar-refractivity contribution in [3.05, 3.63) is 65.7 Å². The lowest BCUT2D eigenvalue weighted by Crippen LogP contribution is -2.41. The van der Waals surface area contributed by atoms with Gasteiger partial charge in [-0.05, 0) is 43.0 Å². The van der Waals surface area contributed by atoms with Gasteiger partial charge in [-0.3, -0.25) is 0 Å². The Morgan fingerprint density at radius 2 is 1.84 bits per heavy atom. The second kappa shape index (κ2) is 12.5. The summed E-state index contributed by atoms with van der Waals surface area (Å²) in [6.07, 6.45) is 2.33. The summed E-state index contributed by atoms with van der Waals surface area (Å²) in [5, 5.41) is 6.74. The molecule has 0 bridgehead atoms. The molecule has 0 spiro atoms. The number of aliphatic imine (C=N–C) groups is 1. The molecule has 0 heterocycles. The van der Waals surface area contributed by atoms with Crippen LogP contribution in [0, 0.1) is 0 Å². The number of hydrogen-bond donors (Lipinski definition) is 3. The summed E-state index contributed by atoms with van der Waals surface area (Å²) in [6, 6.07) is 17.5. The molecule has 0 radical (unpaired) electrons. The van der Waals surface area contributed by atoms with E-state index < -0.39 is 10.0 Å². The highest BCUT2D eigenvalue weighted by atomic mass is 127. The molecule has 176 valence electrons. The molecule has 0 aromatic heterocycles. The van der Waals surface area contributed by atoms with E-state index in [0.29, 0.717) is 13.2 Å². The zero-order chi connectivity index (χ0) is 22.2. The molecule has 0 aliphatic heterocycles. The van der Waals surface area contributed by atoms with E-state index in [-0.39, 0.29) is 40.8 Å². The SMILES string of the molecule is CCNC(=NCc1cccc(S(=O)(=O)NCCOC)c1)NCC1(c2ccccc2)CC1.I. The summed E-state index contributed by atoms with van der Waals surface area (Å²) in [6.45, 7) is 4.54. The predicted octanol–water partition coefficient (Wildman–Crippen LogP) is 3.02. The standard InChI is InChI=1S/C23H32N4O3S.HI/c1-3-24-22(26-18-23(12-13-23)20-9-5-4-6-10-20)25-17-19-8-7-11-21(16-19)31(28,29)27-14-15-30-2;/h4-11,16,27H,3,12-15,17-18H2,1-2H3,(H2,24,25,26);1H. The minimum atomic E-state index is -3.57. The Morgan fingerprint density at radius 3 is 2.50 bits per heavy atom. The molecule has 2 aromatic rings. The fourth-order valence-corrected chi connectivity index (χ4v) is 4.53. The Balaban J connectivity index is 0.00000363. The van der Waals surface area contributed by atoms with Crippen molar-refractivity contribution >= 4 is 40.0 Å². The van der Waals surface area contributed by atoms with Gasteiger partial charge in [-0.15, -0.1) is 24.0 Å². The summed E-state index contributed by atoms with van der Waals surface area (Å²) in [4.78, 5) is 4.90. The van der Waals surface area contributed by atoms with Crippen LogP contribution in [0.2, 0.25) is 0 Å². The van der Waals surface area contributed by atoms with Gasteiger partial charge in [0.25, 0.3) is 0 Å². The van der Waals surface area contributed by atoms with Crippen molar-refractivity contribution < 1.29 is 13.2 Å². The zero-order valence-electron chi connectivity index (χ0n) is 18.6. The van der Waals surface area contributed by atoms with E-state index in [1.54, 1.807) is 18.2 Å². The topological polar surface area (TPSA) is 91.8 Å². The van der Waals surface area contributed by atoms with Crippen molar-refractivity contribution in [2.75, 3.05) is 33.4 Å². The average molecular weight is 573 g/mol. The molecular formula is C23H33IN4O3S. The Morgan fingerprint density at radius 1 is 1.09 bits per heavy atom. The second-order valence-corrected chi connectivity index (χ2v) is 9.50. The van der Waals surface area contributed by atoms with E-state index in [9.17, 15) is 8.42 Å². The van der Waals surface area contributed by atoms with Gasteiger partial charge in [-0.2, -0.15) is 0 Å². The predicted molar refractivity (Wildman–Crippen MR) is 139 cm³/mol. The first-order valence-electron chi connectivity index (χ1n) is 10.6. The maximum absolute atomic E-state index is 12.4. The number of halogens is 1. The molecule has 2 aromatic carbocycles. The molecule has 1 aliphatic carbocycles. The van der Waals surface area contributed by atoms with E-state index in [4.69, 9.17) is 4.74 Å². The summed E-state index contributed by atoms with van der Waals surface area (Å²) in [7, 11) is -2.03. The lowest BCUT2D eigenvalue weighted by atomic mass is 9.96. The van der Waals surface area contributed by atoms with Gasteiger partial charge in [-0.1, -0.05) is 42.5 Å². The van der Waals surface area contributed by atoms with Crippen LogP contribution in [0.1, 0.15) is 30.9 Å². The minimum absolute atomic E-state index is 0. The van der Waals surface area contributed by atoms with Crippen LogP contribution >= 0.6 is 24.0 Å². The number of sulfonamides is 1. The van der Waals surface area contributed by atoms with E-state index in [1.165, 1.54) is 25.5 Å². The van der Waals surface area contributed by atoms with Crippen molar-refractivity contribution in [2.24, 2.45) is 4.99 Å². The van der Waals surface area contributed by atoms with Crippen molar-refractivity contribution in [3.8, 4) is 0 Å². The first kappa shape index (κ1) is 26.6. The molecule has 1 saturated carbocycles. The lowest BCUT2D eigenvalue weighted by Gasteiger charge is -2.19. The Labute approximate surface area is 208 Å². The summed E-state index contributed by atoms with van der Waals surface area (Å²) >= 11 is 0. The molecule has 7 nitrogen and oxygen atoms in total. The molecule has 32 heavy (non-hydrogen) atoms. The molecule has 1 fully saturated rings. The number of methoxy groups -OCH3 is 1. The van der Waals surface area contributed by atoms with Gasteiger partial charge in [0.15, 0.2) is 5.96 Å². The van der Waals surface area contributed by atoms with Gasteiger partial charge < -0.3 is 15.4 Å². The fourth-order valence-electron chi connectivity index (χ4n) is 3.45. The van der Waals surface area contributed by atoms with Crippen molar-refractivity contribution in [1.82, 2.24) is 15.4 Å². The molecule has 0 amide bonds. The fraction of sp³-hybridized carbons (Fsp3) is 0.435. The van der Waals surface area contributed by atoms with Crippen LogP contribution in [0.3, 0.4) is 0 Å². The molecule has 3 N–H and O–H groups in total. The largest absolute Gasteiger partial charge is 0.383 e. The van der Waals surface area contributed by atoms with E-state index in [1.807, 2.05) is 19.1 Å². The van der Waals surface area contributed by atoms with E-state index in [0.717, 1.165) is 24.6 Å². The third kappa shape index (κ3) is 7.43. The molecule has 3 rings (SSSR count). The summed E-state index contributed by atoms with van der Waals surface area (Å²) in [5.41, 5.74) is 2.37. The van der Waals surface area contributed by atoms with Gasteiger partial charge in [0.1, 0.15) is 0 Å². The van der Waals surface area contributed by atoms with Gasteiger partial charge in [0.2, 0.25) is 10.0 Å². The first-order chi connectivity index (χ1) is 15.0. The minimum Gasteiger partial charge on any atom is -0.383 e. The van der Waals surface area contributed by atoms with Crippen LogP contribution in [0.15, 0.2) is 64.5 Å². The van der Waals surface area contributed by atoms with Gasteiger partial charge >= 0.3 is 0 Å². The van der Waals surface area contributed by atoms with Crippen molar-refractivity contribution in [2.45, 2.75) is 36.6 Å². The highest BCUT2D eigenvalue weighted by molar-refractivity contribution is 14.0. The van der Waals surface area contributed by atoms with E-state index >= 15 is 0 Å². The van der Waals surface area contributed by atoms with Crippen molar-refractivity contribution in [1.29, 1.82) is 0 Å². The zero-order valence-corrected chi connectivity index (χ0v) is 21.8. The van der Waals surface area contributed by atoms with Gasteiger partial charge in [-0.25, -0.2) is 18.1 Å². The quantitative estimate of drug-likeness (QED) is 0.167. The molecular weight excluding hydrogens is 539 g/mol. The van der Waals surface area contributed by atoms with Crippen LogP contribution < -0.4 is 15.4 Å². The molecule has 0 saturated heterocycles. The van der Waals surface area contributed by atoms with Gasteiger partial charge in [0, 0.05) is 32.2 Å². The third-order valence-electron chi connectivity index (χ3n) is 5.40. The van der Waals surface area contributed by atoms with Crippen LogP contribution in [-0.4, -0.2) is 47.7 Å². The molecule has 9 heteroatoms. The number of guanidine groups is 1. The smallest absolute Gasteiger partial charge is 0.240 e. The Kier molecular flexibility index (Phi) is 10.4. The van der Waals surface area contributed by atoms with Gasteiger partial charge in [0.05, 0.1) is 18.0 Å². The normalized spacial score (nSPS) is 15.0. The number of rotatable bonds is 11. The number of hydrogen-bond acceptors (Lipinski definition) is 4. The van der Waals surface area contributed by atoms with Crippen LogP contribution in [0.4, 0.5) is 0 Å². The Bertz CT molecular complexity index is 980. The molecule has 0 atom stereocenters. The summed E-state index contributed by atoms with van der Waals surface area (Å²) in [5.74, 6) is 0.733. The number of benzene rings is 2. The first-order valence-corrected chi connectivity index (χ1v) is 12.1.